The topological polar surface area (TPSA) is 37.9 Å². The minimum absolute atomic E-state index is 0.430. The smallest absolute Gasteiger partial charge is 0.149 e. The second-order valence-electron chi connectivity index (χ2n) is 2.83. The van der Waals surface area contributed by atoms with Crippen LogP contribution < -0.4 is 4.74 Å². The molecule has 0 atom stereocenters. The molecule has 1 heterocycles. The van der Waals surface area contributed by atoms with E-state index >= 15 is 0 Å². The van der Waals surface area contributed by atoms with Gasteiger partial charge in [-0.25, -0.2) is 0 Å². The zero-order chi connectivity index (χ0) is 9.80. The molecule has 0 aliphatic heterocycles. The molecule has 2 aromatic rings. The van der Waals surface area contributed by atoms with Crippen LogP contribution in [0.15, 0.2) is 24.4 Å². The number of hydrogen-bond acceptors (Lipinski definition) is 2. The van der Waals surface area contributed by atoms with E-state index < -0.39 is 0 Å². The fraction of sp³-hybridized carbons (Fsp3) is 0.182. The number of aromatic nitrogens is 2. The minimum Gasteiger partial charge on any atom is -0.481 e. The number of nitrogens with one attached hydrogen (secondary N) is 1. The SMILES string of the molecule is CC#CCOc1ccc2[nH]ncc2c1. The molecular formula is C11H10N2O. The Morgan fingerprint density at radius 1 is 1.50 bits per heavy atom. The molecule has 0 amide bonds. The van der Waals surface area contributed by atoms with Gasteiger partial charge in [0.25, 0.3) is 0 Å². The molecule has 0 unspecified atom stereocenters. The van der Waals surface area contributed by atoms with Gasteiger partial charge in [-0.3, -0.25) is 5.10 Å². The van der Waals surface area contributed by atoms with Crippen molar-refractivity contribution >= 4 is 10.9 Å². The molecule has 1 aromatic heterocycles. The van der Waals surface area contributed by atoms with E-state index in [1.165, 1.54) is 0 Å². The Kier molecular flexibility index (Phi) is 2.37. The van der Waals surface area contributed by atoms with Crippen molar-refractivity contribution in [3.8, 4) is 17.6 Å². The van der Waals surface area contributed by atoms with Crippen LogP contribution in [0.2, 0.25) is 0 Å². The molecule has 0 radical (unpaired) electrons. The van der Waals surface area contributed by atoms with Crippen LogP contribution in [-0.2, 0) is 0 Å². The molecule has 0 saturated carbocycles. The van der Waals surface area contributed by atoms with Crippen molar-refractivity contribution in [2.75, 3.05) is 6.61 Å². The highest BCUT2D eigenvalue weighted by atomic mass is 16.5. The van der Waals surface area contributed by atoms with Crippen LogP contribution in [-0.4, -0.2) is 16.8 Å². The van der Waals surface area contributed by atoms with Gasteiger partial charge in [-0.2, -0.15) is 5.10 Å². The molecule has 0 aliphatic carbocycles. The summed E-state index contributed by atoms with van der Waals surface area (Å²) in [6.07, 6.45) is 1.77. The third-order valence-electron chi connectivity index (χ3n) is 1.90. The lowest BCUT2D eigenvalue weighted by molar-refractivity contribution is 0.371. The Labute approximate surface area is 82.1 Å². The van der Waals surface area contributed by atoms with Crippen molar-refractivity contribution in [1.82, 2.24) is 10.2 Å². The highest BCUT2D eigenvalue weighted by molar-refractivity contribution is 5.79. The zero-order valence-electron chi connectivity index (χ0n) is 7.87. The lowest BCUT2D eigenvalue weighted by atomic mass is 10.2. The van der Waals surface area contributed by atoms with E-state index in [1.807, 2.05) is 18.2 Å². The fourth-order valence-corrected chi connectivity index (χ4v) is 1.20. The monoisotopic (exact) mass is 186 g/mol. The van der Waals surface area contributed by atoms with Gasteiger partial charge in [-0.15, -0.1) is 5.92 Å². The molecule has 0 saturated heterocycles. The summed E-state index contributed by atoms with van der Waals surface area (Å²) in [5, 5.41) is 7.86. The lowest BCUT2D eigenvalue weighted by Crippen LogP contribution is -1.92. The summed E-state index contributed by atoms with van der Waals surface area (Å²) < 4.78 is 5.41. The summed E-state index contributed by atoms with van der Waals surface area (Å²) in [7, 11) is 0. The van der Waals surface area contributed by atoms with E-state index in [-0.39, 0.29) is 0 Å². The molecular weight excluding hydrogens is 176 g/mol. The van der Waals surface area contributed by atoms with Gasteiger partial charge in [-0.05, 0) is 25.1 Å². The number of aromatic amines is 1. The molecule has 2 rings (SSSR count). The second kappa shape index (κ2) is 3.84. The van der Waals surface area contributed by atoms with Crippen molar-refractivity contribution in [2.45, 2.75) is 6.92 Å². The summed E-state index contributed by atoms with van der Waals surface area (Å²) in [5.41, 5.74) is 1.01. The van der Waals surface area contributed by atoms with Crippen LogP contribution >= 0.6 is 0 Å². The maximum atomic E-state index is 5.41. The first-order valence-electron chi connectivity index (χ1n) is 4.35. The van der Waals surface area contributed by atoms with Crippen LogP contribution in [0.1, 0.15) is 6.92 Å². The fourth-order valence-electron chi connectivity index (χ4n) is 1.20. The average Bonchev–Trinajstić information content (AvgIpc) is 2.65. The van der Waals surface area contributed by atoms with Crippen LogP contribution in [0.3, 0.4) is 0 Å². The molecule has 0 aliphatic rings. The maximum Gasteiger partial charge on any atom is 0.149 e. The first-order chi connectivity index (χ1) is 6.90. The van der Waals surface area contributed by atoms with Gasteiger partial charge in [0.2, 0.25) is 0 Å². The summed E-state index contributed by atoms with van der Waals surface area (Å²) in [4.78, 5) is 0. The second-order valence-corrected chi connectivity index (χ2v) is 2.83. The number of hydrogen-bond donors (Lipinski definition) is 1. The van der Waals surface area contributed by atoms with E-state index in [2.05, 4.69) is 22.0 Å². The van der Waals surface area contributed by atoms with Gasteiger partial charge in [-0.1, -0.05) is 5.92 Å². The Morgan fingerprint density at radius 3 is 3.29 bits per heavy atom. The van der Waals surface area contributed by atoms with E-state index in [1.54, 1.807) is 13.1 Å². The summed E-state index contributed by atoms with van der Waals surface area (Å²) in [5.74, 6) is 6.44. The Hall–Kier alpha value is -1.95. The van der Waals surface area contributed by atoms with E-state index in [0.29, 0.717) is 6.61 Å². The van der Waals surface area contributed by atoms with Crippen LogP contribution in [0.4, 0.5) is 0 Å². The summed E-state index contributed by atoms with van der Waals surface area (Å²) in [6, 6.07) is 5.78. The Bertz CT molecular complexity index is 490. The number of benzene rings is 1. The Morgan fingerprint density at radius 2 is 2.43 bits per heavy atom. The largest absolute Gasteiger partial charge is 0.481 e. The predicted molar refractivity (Wildman–Crippen MR) is 55.0 cm³/mol. The predicted octanol–water partition coefficient (Wildman–Crippen LogP) is 1.96. The highest BCUT2D eigenvalue weighted by Crippen LogP contribution is 2.18. The van der Waals surface area contributed by atoms with E-state index in [4.69, 9.17) is 4.74 Å². The average molecular weight is 186 g/mol. The molecule has 0 fully saturated rings. The van der Waals surface area contributed by atoms with E-state index in [9.17, 15) is 0 Å². The van der Waals surface area contributed by atoms with Gasteiger partial charge in [0.15, 0.2) is 0 Å². The normalized spacial score (nSPS) is 9.50. The molecule has 3 nitrogen and oxygen atoms in total. The number of fused-ring (bicyclic) bond motifs is 1. The molecule has 0 spiro atoms. The van der Waals surface area contributed by atoms with Crippen LogP contribution in [0.5, 0.6) is 5.75 Å². The highest BCUT2D eigenvalue weighted by Gasteiger charge is 1.97. The van der Waals surface area contributed by atoms with E-state index in [0.717, 1.165) is 16.7 Å². The molecule has 0 bridgehead atoms. The van der Waals surface area contributed by atoms with Crippen molar-refractivity contribution in [3.05, 3.63) is 24.4 Å². The third-order valence-corrected chi connectivity index (χ3v) is 1.90. The standard InChI is InChI=1S/C11H10N2O/c1-2-3-6-14-10-4-5-11-9(7-10)8-12-13-11/h4-5,7-8H,6H2,1H3,(H,12,13). The summed E-state index contributed by atoms with van der Waals surface area (Å²) >= 11 is 0. The van der Waals surface area contributed by atoms with Gasteiger partial charge < -0.3 is 4.74 Å². The zero-order valence-corrected chi connectivity index (χ0v) is 7.87. The molecule has 70 valence electrons. The third kappa shape index (κ3) is 1.69. The van der Waals surface area contributed by atoms with Crippen LogP contribution in [0, 0.1) is 11.8 Å². The first kappa shape index (κ1) is 8.64. The molecule has 1 aromatic carbocycles. The molecule has 1 N–H and O–H groups in total. The lowest BCUT2D eigenvalue weighted by Gasteiger charge is -2.00. The van der Waals surface area contributed by atoms with Crippen molar-refractivity contribution in [3.63, 3.8) is 0 Å². The van der Waals surface area contributed by atoms with Crippen molar-refractivity contribution in [1.29, 1.82) is 0 Å². The number of H-pyrrole nitrogens is 1. The number of ether oxygens (including phenoxy) is 1. The van der Waals surface area contributed by atoms with Crippen molar-refractivity contribution in [2.24, 2.45) is 0 Å². The summed E-state index contributed by atoms with van der Waals surface area (Å²) in [6.45, 7) is 2.22. The minimum atomic E-state index is 0.430. The Balaban J connectivity index is 2.20. The van der Waals surface area contributed by atoms with Crippen LogP contribution in [0.25, 0.3) is 10.9 Å². The van der Waals surface area contributed by atoms with Gasteiger partial charge in [0, 0.05) is 5.39 Å². The number of rotatable bonds is 2. The van der Waals surface area contributed by atoms with Gasteiger partial charge in [0.05, 0.1) is 11.7 Å². The molecule has 3 heteroatoms. The number of nitrogens with zero attached hydrogens (tertiary/aromatic N) is 1. The quantitative estimate of drug-likeness (QED) is 0.728. The van der Waals surface area contributed by atoms with Crippen molar-refractivity contribution < 1.29 is 4.74 Å². The van der Waals surface area contributed by atoms with Gasteiger partial charge >= 0.3 is 0 Å². The maximum absolute atomic E-state index is 5.41. The first-order valence-corrected chi connectivity index (χ1v) is 4.35. The van der Waals surface area contributed by atoms with Gasteiger partial charge in [0.1, 0.15) is 12.4 Å². The molecule has 14 heavy (non-hydrogen) atoms.